The van der Waals surface area contributed by atoms with Crippen molar-refractivity contribution in [1.82, 2.24) is 14.8 Å². The number of rotatable bonds is 4. The van der Waals surface area contributed by atoms with Crippen LogP contribution in [-0.2, 0) is 18.4 Å². The lowest BCUT2D eigenvalue weighted by atomic mass is 10.2. The van der Waals surface area contributed by atoms with Gasteiger partial charge < -0.3 is 13.7 Å². The minimum absolute atomic E-state index is 0.0838. The highest BCUT2D eigenvalue weighted by atomic mass is 79.9. The summed E-state index contributed by atoms with van der Waals surface area (Å²) in [5.41, 5.74) is 2.26. The van der Waals surface area contributed by atoms with Crippen LogP contribution >= 0.6 is 15.9 Å². The molecule has 2 heterocycles. The van der Waals surface area contributed by atoms with E-state index in [1.807, 2.05) is 60.1 Å². The molecule has 0 atom stereocenters. The largest absolute Gasteiger partial charge is 0.452 e. The molecular formula is C19H14BrN3O3. The topological polar surface area (TPSA) is 70.2 Å². The molecule has 0 saturated heterocycles. The van der Waals surface area contributed by atoms with Crippen LogP contribution in [0.15, 0.2) is 63.6 Å². The fourth-order valence-electron chi connectivity index (χ4n) is 2.76. The first-order chi connectivity index (χ1) is 12.6. The summed E-state index contributed by atoms with van der Waals surface area (Å²) in [6.07, 6.45) is 1.76. The molecule has 0 spiro atoms. The fraction of sp³-hybridized carbons (Fsp3) is 0.105. The predicted molar refractivity (Wildman–Crippen MR) is 99.5 cm³/mol. The third kappa shape index (κ3) is 3.01. The summed E-state index contributed by atoms with van der Waals surface area (Å²) >= 11 is 3.44. The molecule has 0 bridgehead atoms. The zero-order valence-electron chi connectivity index (χ0n) is 13.8. The van der Waals surface area contributed by atoms with Crippen molar-refractivity contribution in [2.24, 2.45) is 7.05 Å². The number of para-hydroxylation sites is 1. The number of esters is 1. The third-order valence-corrected chi connectivity index (χ3v) is 4.71. The van der Waals surface area contributed by atoms with Gasteiger partial charge in [0.15, 0.2) is 6.61 Å². The molecular weight excluding hydrogens is 398 g/mol. The Kier molecular flexibility index (Phi) is 4.30. The quantitative estimate of drug-likeness (QED) is 0.466. The maximum absolute atomic E-state index is 12.4. The van der Waals surface area contributed by atoms with Crippen molar-refractivity contribution in [2.75, 3.05) is 0 Å². The summed E-state index contributed by atoms with van der Waals surface area (Å²) in [7, 11) is 1.89. The number of carbonyl (C=O) groups is 1. The van der Waals surface area contributed by atoms with Crippen molar-refractivity contribution in [1.29, 1.82) is 0 Å². The lowest BCUT2D eigenvalue weighted by Gasteiger charge is -2.01. The monoisotopic (exact) mass is 411 g/mol. The molecule has 2 aromatic carbocycles. The zero-order valence-corrected chi connectivity index (χ0v) is 15.4. The second-order valence-corrected chi connectivity index (χ2v) is 6.58. The number of fused-ring (bicyclic) bond motifs is 1. The van der Waals surface area contributed by atoms with Crippen molar-refractivity contribution in [3.8, 4) is 11.5 Å². The van der Waals surface area contributed by atoms with Crippen molar-refractivity contribution in [2.45, 2.75) is 6.61 Å². The minimum Gasteiger partial charge on any atom is -0.452 e. The summed E-state index contributed by atoms with van der Waals surface area (Å²) in [5, 5.41) is 8.80. The number of nitrogens with zero attached hydrogens (tertiary/aromatic N) is 3. The number of aryl methyl sites for hydroxylation is 1. The SMILES string of the molecule is Cn1cc(C(=O)OCc2nnc(-c3ccccc3Br)o2)c2ccccc21. The van der Waals surface area contributed by atoms with Gasteiger partial charge in [-0.15, -0.1) is 10.2 Å². The van der Waals surface area contributed by atoms with Gasteiger partial charge in [0.25, 0.3) is 5.89 Å². The van der Waals surface area contributed by atoms with Gasteiger partial charge in [0, 0.05) is 28.6 Å². The molecule has 0 radical (unpaired) electrons. The number of hydrogen-bond donors (Lipinski definition) is 0. The van der Waals surface area contributed by atoms with Gasteiger partial charge in [-0.3, -0.25) is 0 Å². The smallest absolute Gasteiger partial charge is 0.340 e. The normalized spacial score (nSPS) is 11.0. The maximum Gasteiger partial charge on any atom is 0.340 e. The molecule has 26 heavy (non-hydrogen) atoms. The van der Waals surface area contributed by atoms with Crippen LogP contribution < -0.4 is 0 Å². The van der Waals surface area contributed by atoms with Crippen molar-refractivity contribution in [3.05, 3.63) is 70.7 Å². The molecule has 0 saturated carbocycles. The van der Waals surface area contributed by atoms with Gasteiger partial charge in [-0.1, -0.05) is 30.3 Å². The van der Waals surface area contributed by atoms with E-state index < -0.39 is 5.97 Å². The molecule has 0 N–H and O–H groups in total. The van der Waals surface area contributed by atoms with Gasteiger partial charge in [0.05, 0.1) is 11.1 Å². The average molecular weight is 412 g/mol. The molecule has 0 aliphatic heterocycles. The number of benzene rings is 2. The van der Waals surface area contributed by atoms with Crippen molar-refractivity contribution < 1.29 is 13.9 Å². The predicted octanol–water partition coefficient (Wildman–Crippen LogP) is 4.35. The number of hydrogen-bond acceptors (Lipinski definition) is 5. The van der Waals surface area contributed by atoms with E-state index in [0.717, 1.165) is 20.9 Å². The average Bonchev–Trinajstić information content (AvgIpc) is 3.25. The molecule has 0 unspecified atom stereocenters. The molecule has 4 aromatic rings. The van der Waals surface area contributed by atoms with Crippen molar-refractivity contribution in [3.63, 3.8) is 0 Å². The van der Waals surface area contributed by atoms with E-state index >= 15 is 0 Å². The van der Waals surface area contributed by atoms with Gasteiger partial charge in [-0.2, -0.15) is 0 Å². The highest BCUT2D eigenvalue weighted by Crippen LogP contribution is 2.27. The summed E-state index contributed by atoms with van der Waals surface area (Å²) in [5.74, 6) is 0.181. The van der Waals surface area contributed by atoms with E-state index in [-0.39, 0.29) is 12.5 Å². The number of carbonyl (C=O) groups excluding carboxylic acids is 1. The van der Waals surface area contributed by atoms with E-state index in [1.165, 1.54) is 0 Å². The van der Waals surface area contributed by atoms with E-state index in [9.17, 15) is 4.79 Å². The second-order valence-electron chi connectivity index (χ2n) is 5.73. The first-order valence-electron chi connectivity index (χ1n) is 7.92. The Morgan fingerprint density at radius 3 is 2.77 bits per heavy atom. The molecule has 7 heteroatoms. The number of halogens is 1. The van der Waals surface area contributed by atoms with Crippen LogP contribution in [0.25, 0.3) is 22.4 Å². The van der Waals surface area contributed by atoms with Gasteiger partial charge in [0.2, 0.25) is 5.89 Å². The van der Waals surface area contributed by atoms with E-state index in [1.54, 1.807) is 6.20 Å². The molecule has 0 aliphatic rings. The molecule has 130 valence electrons. The Morgan fingerprint density at radius 1 is 1.15 bits per heavy atom. The highest BCUT2D eigenvalue weighted by Gasteiger charge is 2.17. The van der Waals surface area contributed by atoms with E-state index in [0.29, 0.717) is 11.5 Å². The summed E-state index contributed by atoms with van der Waals surface area (Å²) in [4.78, 5) is 12.4. The van der Waals surface area contributed by atoms with Gasteiger partial charge in [-0.05, 0) is 34.1 Å². The van der Waals surface area contributed by atoms with E-state index in [2.05, 4.69) is 26.1 Å². The second kappa shape index (κ2) is 6.76. The Hall–Kier alpha value is -2.93. The van der Waals surface area contributed by atoms with Gasteiger partial charge in [0.1, 0.15) is 0 Å². The Bertz CT molecular complexity index is 1100. The van der Waals surface area contributed by atoms with Crippen LogP contribution in [0.5, 0.6) is 0 Å². The minimum atomic E-state index is -0.428. The Labute approximate surface area is 157 Å². The molecule has 2 aromatic heterocycles. The van der Waals surface area contributed by atoms with Crippen LogP contribution in [0.1, 0.15) is 16.2 Å². The molecule has 0 fully saturated rings. The fourth-order valence-corrected chi connectivity index (χ4v) is 3.22. The number of ether oxygens (including phenoxy) is 1. The Balaban J connectivity index is 1.51. The molecule has 0 aliphatic carbocycles. The lowest BCUT2D eigenvalue weighted by molar-refractivity contribution is 0.0441. The van der Waals surface area contributed by atoms with Crippen LogP contribution in [0.4, 0.5) is 0 Å². The Morgan fingerprint density at radius 2 is 1.92 bits per heavy atom. The molecule has 0 amide bonds. The van der Waals surface area contributed by atoms with Crippen LogP contribution in [0, 0.1) is 0 Å². The first-order valence-corrected chi connectivity index (χ1v) is 8.71. The van der Waals surface area contributed by atoms with Gasteiger partial charge >= 0.3 is 5.97 Å². The zero-order chi connectivity index (χ0) is 18.1. The van der Waals surface area contributed by atoms with Crippen molar-refractivity contribution >= 4 is 32.8 Å². The number of aromatic nitrogens is 3. The third-order valence-electron chi connectivity index (χ3n) is 4.01. The van der Waals surface area contributed by atoms with Crippen LogP contribution in [0.2, 0.25) is 0 Å². The van der Waals surface area contributed by atoms with Crippen LogP contribution in [-0.4, -0.2) is 20.7 Å². The van der Waals surface area contributed by atoms with Gasteiger partial charge in [-0.25, -0.2) is 4.79 Å². The summed E-state index contributed by atoms with van der Waals surface area (Å²) < 4.78 is 13.7. The summed E-state index contributed by atoms with van der Waals surface area (Å²) in [6, 6.07) is 15.2. The first kappa shape index (κ1) is 16.5. The van der Waals surface area contributed by atoms with E-state index in [4.69, 9.17) is 9.15 Å². The molecule has 4 rings (SSSR count). The van der Waals surface area contributed by atoms with Crippen LogP contribution in [0.3, 0.4) is 0 Å². The highest BCUT2D eigenvalue weighted by molar-refractivity contribution is 9.10. The standard InChI is InChI=1S/C19H14BrN3O3/c1-23-10-14(12-6-3-5-9-16(12)23)19(24)25-11-17-21-22-18(26-17)13-7-2-4-8-15(13)20/h2-10H,11H2,1H3. The lowest BCUT2D eigenvalue weighted by Crippen LogP contribution is -2.05. The molecule has 6 nitrogen and oxygen atoms in total. The maximum atomic E-state index is 12.4. The summed E-state index contributed by atoms with van der Waals surface area (Å²) in [6.45, 7) is -0.0838.